The molecular formula is C8H14F3N3O. The van der Waals surface area contributed by atoms with Gasteiger partial charge >= 0.3 is 6.18 Å². The third kappa shape index (κ3) is 3.26. The van der Waals surface area contributed by atoms with Crippen molar-refractivity contribution in [2.45, 2.75) is 25.6 Å². The normalized spacial score (nSPS) is 28.9. The van der Waals surface area contributed by atoms with Gasteiger partial charge in [0.05, 0.1) is 0 Å². The Labute approximate surface area is 85.3 Å². The molecule has 0 aliphatic heterocycles. The van der Waals surface area contributed by atoms with Crippen molar-refractivity contribution in [2.75, 3.05) is 6.54 Å². The standard InChI is InChI=1S/C8H14F3N3O/c1-4-2-6(4)13-3-5(7(12)14-15)8(9,10)11/h4-6,13,15H,2-3H2,1H3,(H2,12,14). The zero-order valence-corrected chi connectivity index (χ0v) is 8.25. The third-order valence-corrected chi connectivity index (χ3v) is 2.56. The Morgan fingerprint density at radius 2 is 2.20 bits per heavy atom. The molecule has 88 valence electrons. The molecular weight excluding hydrogens is 211 g/mol. The van der Waals surface area contributed by atoms with Crippen LogP contribution in [0.1, 0.15) is 13.3 Å². The van der Waals surface area contributed by atoms with Gasteiger partial charge in [0.25, 0.3) is 0 Å². The highest BCUT2D eigenvalue weighted by atomic mass is 19.4. The number of nitrogens with zero attached hydrogens (tertiary/aromatic N) is 1. The van der Waals surface area contributed by atoms with E-state index in [2.05, 4.69) is 10.5 Å². The summed E-state index contributed by atoms with van der Waals surface area (Å²) in [5, 5.41) is 13.4. The van der Waals surface area contributed by atoms with Crippen molar-refractivity contribution in [3.05, 3.63) is 0 Å². The van der Waals surface area contributed by atoms with Crippen LogP contribution in [0.5, 0.6) is 0 Å². The summed E-state index contributed by atoms with van der Waals surface area (Å²) in [6.07, 6.45) is -3.61. The maximum absolute atomic E-state index is 12.4. The lowest BCUT2D eigenvalue weighted by atomic mass is 10.1. The molecule has 0 radical (unpaired) electrons. The van der Waals surface area contributed by atoms with Gasteiger partial charge < -0.3 is 16.3 Å². The van der Waals surface area contributed by atoms with Crippen LogP contribution >= 0.6 is 0 Å². The molecule has 3 unspecified atom stereocenters. The van der Waals surface area contributed by atoms with Gasteiger partial charge in [-0.3, -0.25) is 0 Å². The SMILES string of the molecule is CC1CC1NCC(C(N)=NO)C(F)(F)F. The van der Waals surface area contributed by atoms with E-state index in [0.29, 0.717) is 5.92 Å². The summed E-state index contributed by atoms with van der Waals surface area (Å²) in [6, 6.07) is 0.126. The van der Waals surface area contributed by atoms with Crippen molar-refractivity contribution in [3.8, 4) is 0 Å². The minimum Gasteiger partial charge on any atom is -0.409 e. The number of halogens is 3. The molecule has 1 fully saturated rings. The van der Waals surface area contributed by atoms with Gasteiger partial charge in [0.1, 0.15) is 5.92 Å². The molecule has 7 heteroatoms. The van der Waals surface area contributed by atoms with E-state index in [0.717, 1.165) is 6.42 Å². The Morgan fingerprint density at radius 1 is 1.67 bits per heavy atom. The minimum absolute atomic E-state index is 0.126. The van der Waals surface area contributed by atoms with Gasteiger partial charge in [0.15, 0.2) is 5.84 Å². The predicted octanol–water partition coefficient (Wildman–Crippen LogP) is 0.909. The lowest BCUT2D eigenvalue weighted by Crippen LogP contribution is -2.43. The van der Waals surface area contributed by atoms with Gasteiger partial charge in [-0.1, -0.05) is 12.1 Å². The van der Waals surface area contributed by atoms with E-state index < -0.39 is 17.9 Å². The van der Waals surface area contributed by atoms with Crippen molar-refractivity contribution in [1.82, 2.24) is 5.32 Å². The van der Waals surface area contributed by atoms with E-state index in [4.69, 9.17) is 10.9 Å². The summed E-state index contributed by atoms with van der Waals surface area (Å²) in [6.45, 7) is 1.61. The van der Waals surface area contributed by atoms with Crippen LogP contribution in [0.25, 0.3) is 0 Å². The van der Waals surface area contributed by atoms with E-state index >= 15 is 0 Å². The molecule has 0 aromatic carbocycles. The lowest BCUT2D eigenvalue weighted by molar-refractivity contribution is -0.155. The number of oxime groups is 1. The molecule has 4 nitrogen and oxygen atoms in total. The largest absolute Gasteiger partial charge is 0.409 e. The molecule has 0 saturated heterocycles. The summed E-state index contributed by atoms with van der Waals surface area (Å²) in [4.78, 5) is 0. The summed E-state index contributed by atoms with van der Waals surface area (Å²) in [5.74, 6) is -2.32. The number of hydrogen-bond acceptors (Lipinski definition) is 3. The van der Waals surface area contributed by atoms with Gasteiger partial charge in [-0.15, -0.1) is 0 Å². The van der Waals surface area contributed by atoms with Gasteiger partial charge in [0.2, 0.25) is 0 Å². The third-order valence-electron chi connectivity index (χ3n) is 2.56. The molecule has 0 aromatic heterocycles. The Bertz CT molecular complexity index is 254. The second-order valence-corrected chi connectivity index (χ2v) is 3.85. The highest BCUT2D eigenvalue weighted by Gasteiger charge is 2.44. The number of nitrogens with one attached hydrogen (secondary N) is 1. The molecule has 0 heterocycles. The summed E-state index contributed by atoms with van der Waals surface area (Å²) in [7, 11) is 0. The van der Waals surface area contributed by atoms with Gasteiger partial charge in [-0.2, -0.15) is 13.2 Å². The van der Waals surface area contributed by atoms with E-state index in [1.807, 2.05) is 6.92 Å². The molecule has 1 rings (SSSR count). The molecule has 1 saturated carbocycles. The Kier molecular flexibility index (Phi) is 3.43. The molecule has 1 aliphatic carbocycles. The number of amidine groups is 1. The second kappa shape index (κ2) is 4.26. The minimum atomic E-state index is -4.48. The van der Waals surface area contributed by atoms with Crippen LogP contribution in [0.15, 0.2) is 5.16 Å². The quantitative estimate of drug-likeness (QED) is 0.288. The fourth-order valence-electron chi connectivity index (χ4n) is 1.33. The van der Waals surface area contributed by atoms with Crippen molar-refractivity contribution >= 4 is 5.84 Å². The van der Waals surface area contributed by atoms with Crippen molar-refractivity contribution in [3.63, 3.8) is 0 Å². The molecule has 0 amide bonds. The lowest BCUT2D eigenvalue weighted by Gasteiger charge is -2.19. The van der Waals surface area contributed by atoms with Crippen LogP contribution in [-0.4, -0.2) is 29.8 Å². The van der Waals surface area contributed by atoms with Crippen LogP contribution < -0.4 is 11.1 Å². The first-order chi connectivity index (χ1) is 6.86. The fourth-order valence-corrected chi connectivity index (χ4v) is 1.33. The molecule has 0 aromatic rings. The zero-order chi connectivity index (χ0) is 11.6. The first-order valence-corrected chi connectivity index (χ1v) is 4.63. The number of alkyl halides is 3. The molecule has 4 N–H and O–H groups in total. The monoisotopic (exact) mass is 225 g/mol. The Hall–Kier alpha value is -0.980. The number of nitrogens with two attached hydrogens (primary N) is 1. The highest BCUT2D eigenvalue weighted by Crippen LogP contribution is 2.31. The molecule has 0 bridgehead atoms. The highest BCUT2D eigenvalue weighted by molar-refractivity contribution is 5.83. The van der Waals surface area contributed by atoms with Gasteiger partial charge in [-0.25, -0.2) is 0 Å². The average Bonchev–Trinajstić information content (AvgIpc) is 2.79. The van der Waals surface area contributed by atoms with Gasteiger partial charge in [-0.05, 0) is 12.3 Å². The zero-order valence-electron chi connectivity index (χ0n) is 8.25. The van der Waals surface area contributed by atoms with E-state index in [1.54, 1.807) is 0 Å². The van der Waals surface area contributed by atoms with Crippen molar-refractivity contribution < 1.29 is 18.4 Å². The molecule has 1 aliphatic rings. The van der Waals surface area contributed by atoms with E-state index in [1.165, 1.54) is 0 Å². The Morgan fingerprint density at radius 3 is 2.53 bits per heavy atom. The van der Waals surface area contributed by atoms with E-state index in [-0.39, 0.29) is 12.6 Å². The van der Waals surface area contributed by atoms with Crippen LogP contribution in [-0.2, 0) is 0 Å². The molecule has 3 atom stereocenters. The first kappa shape index (κ1) is 12.1. The topological polar surface area (TPSA) is 70.6 Å². The summed E-state index contributed by atoms with van der Waals surface area (Å²) in [5.41, 5.74) is 4.98. The Balaban J connectivity index is 2.50. The smallest absolute Gasteiger partial charge is 0.400 e. The van der Waals surface area contributed by atoms with Crippen LogP contribution in [0.2, 0.25) is 0 Å². The van der Waals surface area contributed by atoms with Crippen LogP contribution in [0.3, 0.4) is 0 Å². The maximum Gasteiger partial charge on any atom is 0.400 e. The number of hydrogen-bond donors (Lipinski definition) is 3. The summed E-state index contributed by atoms with van der Waals surface area (Å²) >= 11 is 0. The van der Waals surface area contributed by atoms with Crippen molar-refractivity contribution in [1.29, 1.82) is 0 Å². The molecule has 0 spiro atoms. The predicted molar refractivity (Wildman–Crippen MR) is 48.5 cm³/mol. The van der Waals surface area contributed by atoms with Crippen LogP contribution in [0, 0.1) is 11.8 Å². The van der Waals surface area contributed by atoms with Crippen LogP contribution in [0.4, 0.5) is 13.2 Å². The fraction of sp³-hybridized carbons (Fsp3) is 0.875. The second-order valence-electron chi connectivity index (χ2n) is 3.85. The van der Waals surface area contributed by atoms with E-state index in [9.17, 15) is 13.2 Å². The van der Waals surface area contributed by atoms with Crippen molar-refractivity contribution in [2.24, 2.45) is 22.7 Å². The average molecular weight is 225 g/mol. The summed E-state index contributed by atoms with van der Waals surface area (Å²) < 4.78 is 37.2. The maximum atomic E-state index is 12.4. The number of rotatable bonds is 4. The van der Waals surface area contributed by atoms with Gasteiger partial charge in [0, 0.05) is 12.6 Å². The first-order valence-electron chi connectivity index (χ1n) is 4.63. The molecule has 15 heavy (non-hydrogen) atoms.